The molecule has 0 saturated heterocycles. The molecule has 6 nitrogen and oxygen atoms in total. The van der Waals surface area contributed by atoms with Crippen LogP contribution < -0.4 is 4.90 Å². The van der Waals surface area contributed by atoms with E-state index in [1.807, 2.05) is 62.1 Å². The van der Waals surface area contributed by atoms with Crippen molar-refractivity contribution in [1.29, 1.82) is 0 Å². The standard InChI is InChI=1S/C32H40N2O4S/c1-22-10-12-24(13-11-22)30(35)34(28-20-27(18-19-32(2,3)4)39-29(28)31(36)37)26-16-14-25(15-17-26)33-38-21-23-8-6-5-7-9-23/h5-9,20,22,24,26H,10-17,21H2,1-4H3,(H,36,37)/t22-,24-,26?. The summed E-state index contributed by atoms with van der Waals surface area (Å²) in [7, 11) is 0. The van der Waals surface area contributed by atoms with E-state index in [1.54, 1.807) is 0 Å². The summed E-state index contributed by atoms with van der Waals surface area (Å²) in [5, 5.41) is 14.5. The number of oxime groups is 1. The maximum atomic E-state index is 14.1. The molecule has 0 bridgehead atoms. The van der Waals surface area contributed by atoms with Gasteiger partial charge in [-0.1, -0.05) is 54.3 Å². The third-order valence-corrected chi connectivity index (χ3v) is 8.52. The van der Waals surface area contributed by atoms with Crippen LogP contribution in [-0.2, 0) is 16.2 Å². The summed E-state index contributed by atoms with van der Waals surface area (Å²) in [5.41, 5.74) is 2.35. The first-order valence-electron chi connectivity index (χ1n) is 14.1. The normalized spacial score (nSPS) is 21.4. The molecule has 2 saturated carbocycles. The van der Waals surface area contributed by atoms with Gasteiger partial charge in [0.2, 0.25) is 5.91 Å². The fourth-order valence-electron chi connectivity index (χ4n) is 5.28. The van der Waals surface area contributed by atoms with Crippen molar-refractivity contribution < 1.29 is 19.5 Å². The maximum Gasteiger partial charge on any atom is 0.348 e. The predicted octanol–water partition coefficient (Wildman–Crippen LogP) is 7.52. The molecule has 2 fully saturated rings. The molecule has 1 amide bonds. The lowest BCUT2D eigenvalue weighted by atomic mass is 9.81. The van der Waals surface area contributed by atoms with Crippen LogP contribution in [-0.4, -0.2) is 28.7 Å². The van der Waals surface area contributed by atoms with E-state index < -0.39 is 5.97 Å². The molecule has 4 rings (SSSR count). The largest absolute Gasteiger partial charge is 0.477 e. The summed E-state index contributed by atoms with van der Waals surface area (Å²) in [4.78, 5) is 34.7. The number of hydrogen-bond donors (Lipinski definition) is 1. The number of aromatic carboxylic acids is 1. The lowest BCUT2D eigenvalue weighted by Crippen LogP contribution is -2.46. The van der Waals surface area contributed by atoms with Gasteiger partial charge in [-0.3, -0.25) is 4.79 Å². The molecule has 2 aliphatic carbocycles. The molecule has 0 spiro atoms. The van der Waals surface area contributed by atoms with Crippen LogP contribution in [0.4, 0.5) is 5.69 Å². The van der Waals surface area contributed by atoms with E-state index in [0.29, 0.717) is 35.9 Å². The number of carbonyl (C=O) groups is 2. The highest BCUT2D eigenvalue weighted by molar-refractivity contribution is 7.15. The van der Waals surface area contributed by atoms with Gasteiger partial charge in [0.25, 0.3) is 0 Å². The van der Waals surface area contributed by atoms with Crippen LogP contribution in [0, 0.1) is 29.1 Å². The predicted molar refractivity (Wildman–Crippen MR) is 157 cm³/mol. The first-order chi connectivity index (χ1) is 18.6. The average Bonchev–Trinajstić information content (AvgIpc) is 3.33. The molecule has 0 atom stereocenters. The first-order valence-corrected chi connectivity index (χ1v) is 14.9. The number of rotatable bonds is 7. The van der Waals surface area contributed by atoms with Gasteiger partial charge >= 0.3 is 5.97 Å². The Morgan fingerprint density at radius 1 is 1.08 bits per heavy atom. The second kappa shape index (κ2) is 12.8. The van der Waals surface area contributed by atoms with Gasteiger partial charge in [0.1, 0.15) is 11.5 Å². The van der Waals surface area contributed by atoms with Crippen molar-refractivity contribution in [2.24, 2.45) is 22.4 Å². The van der Waals surface area contributed by atoms with Crippen LogP contribution in [0.1, 0.15) is 99.2 Å². The number of benzene rings is 1. The van der Waals surface area contributed by atoms with Gasteiger partial charge in [-0.05, 0) is 89.7 Å². The fraction of sp³-hybridized carbons (Fsp3) is 0.531. The van der Waals surface area contributed by atoms with Crippen LogP contribution in [0.2, 0.25) is 0 Å². The molecule has 39 heavy (non-hydrogen) atoms. The Balaban J connectivity index is 1.56. The summed E-state index contributed by atoms with van der Waals surface area (Å²) < 4.78 is 0. The quantitative estimate of drug-likeness (QED) is 0.287. The molecule has 2 aliphatic rings. The van der Waals surface area contributed by atoms with E-state index in [-0.39, 0.29) is 28.2 Å². The van der Waals surface area contributed by atoms with Gasteiger partial charge in [0, 0.05) is 17.4 Å². The minimum Gasteiger partial charge on any atom is -0.477 e. The highest BCUT2D eigenvalue weighted by Gasteiger charge is 2.37. The minimum atomic E-state index is -1.01. The second-order valence-corrected chi connectivity index (χ2v) is 13.0. The maximum absolute atomic E-state index is 14.1. The summed E-state index contributed by atoms with van der Waals surface area (Å²) in [6, 6.07) is 11.7. The molecule has 2 aromatic rings. The van der Waals surface area contributed by atoms with Gasteiger partial charge < -0.3 is 14.8 Å². The van der Waals surface area contributed by atoms with Crippen LogP contribution in [0.25, 0.3) is 0 Å². The van der Waals surface area contributed by atoms with Gasteiger partial charge in [0.15, 0.2) is 0 Å². The Morgan fingerprint density at radius 2 is 1.74 bits per heavy atom. The zero-order valence-electron chi connectivity index (χ0n) is 23.5. The van der Waals surface area contributed by atoms with Gasteiger partial charge in [-0.15, -0.1) is 11.3 Å². The zero-order valence-corrected chi connectivity index (χ0v) is 24.4. The number of nitrogens with zero attached hydrogens (tertiary/aromatic N) is 2. The van der Waals surface area contributed by atoms with Gasteiger partial charge in [0.05, 0.1) is 16.3 Å². The van der Waals surface area contributed by atoms with E-state index in [1.165, 1.54) is 0 Å². The first kappa shape index (κ1) is 28.9. The molecule has 208 valence electrons. The fourth-order valence-corrected chi connectivity index (χ4v) is 6.12. The lowest BCUT2D eigenvalue weighted by Gasteiger charge is -2.38. The summed E-state index contributed by atoms with van der Waals surface area (Å²) in [6.45, 7) is 8.74. The van der Waals surface area contributed by atoms with Crippen LogP contribution >= 0.6 is 11.3 Å². The number of anilines is 1. The highest BCUT2D eigenvalue weighted by atomic mass is 32.1. The summed E-state index contributed by atoms with van der Waals surface area (Å²) in [5.74, 6) is 5.96. The van der Waals surface area contributed by atoms with Crippen LogP contribution in [0.15, 0.2) is 41.6 Å². The van der Waals surface area contributed by atoms with Crippen molar-refractivity contribution in [3.63, 3.8) is 0 Å². The molecular weight excluding hydrogens is 508 g/mol. The van der Waals surface area contributed by atoms with E-state index in [4.69, 9.17) is 4.84 Å². The van der Waals surface area contributed by atoms with E-state index in [0.717, 1.165) is 61.1 Å². The SMILES string of the molecule is CC(C)(C)C#Cc1cc(N(C(=O)[C@H]2CC[C@H](C)CC2)C2CCC(=NOCc3ccccc3)CC2)c(C(=O)O)s1. The lowest BCUT2D eigenvalue weighted by molar-refractivity contribution is -0.124. The van der Waals surface area contributed by atoms with E-state index in [9.17, 15) is 14.7 Å². The van der Waals surface area contributed by atoms with Crippen molar-refractivity contribution in [1.82, 2.24) is 0 Å². The average molecular weight is 549 g/mol. The molecule has 0 aliphatic heterocycles. The number of amides is 1. The Hall–Kier alpha value is -3.11. The Morgan fingerprint density at radius 3 is 2.36 bits per heavy atom. The third-order valence-electron chi connectivity index (χ3n) is 7.49. The van der Waals surface area contributed by atoms with Crippen LogP contribution in [0.3, 0.4) is 0 Å². The monoisotopic (exact) mass is 548 g/mol. The third kappa shape index (κ3) is 7.95. The van der Waals surface area contributed by atoms with Gasteiger partial charge in [-0.25, -0.2) is 4.79 Å². The summed E-state index contributed by atoms with van der Waals surface area (Å²) in [6.07, 6.45) is 6.65. The second-order valence-electron chi connectivity index (χ2n) is 11.9. The van der Waals surface area contributed by atoms with Crippen molar-refractivity contribution in [2.45, 2.75) is 91.7 Å². The topological polar surface area (TPSA) is 79.2 Å². The molecule has 0 radical (unpaired) electrons. The zero-order chi connectivity index (χ0) is 28.0. The summed E-state index contributed by atoms with van der Waals surface area (Å²) >= 11 is 1.16. The Bertz CT molecular complexity index is 1230. The molecule has 1 N–H and O–H groups in total. The van der Waals surface area contributed by atoms with Crippen molar-refractivity contribution in [3.05, 3.63) is 51.7 Å². The van der Waals surface area contributed by atoms with E-state index in [2.05, 4.69) is 23.9 Å². The van der Waals surface area contributed by atoms with Crippen LogP contribution in [0.5, 0.6) is 0 Å². The minimum absolute atomic E-state index is 0.0586. The molecule has 1 heterocycles. The molecule has 1 aromatic carbocycles. The molecule has 1 aromatic heterocycles. The Kier molecular flexibility index (Phi) is 9.50. The number of carboxylic acid groups (broad SMARTS) is 1. The molecule has 0 unspecified atom stereocenters. The van der Waals surface area contributed by atoms with Crippen molar-refractivity contribution >= 4 is 34.6 Å². The van der Waals surface area contributed by atoms with Crippen molar-refractivity contribution in [3.8, 4) is 11.8 Å². The number of hydrogen-bond acceptors (Lipinski definition) is 5. The molecular formula is C32H40N2O4S. The highest BCUT2D eigenvalue weighted by Crippen LogP contribution is 2.38. The smallest absolute Gasteiger partial charge is 0.348 e. The number of carbonyl (C=O) groups excluding carboxylic acids is 1. The number of carboxylic acids is 1. The van der Waals surface area contributed by atoms with Crippen molar-refractivity contribution in [2.75, 3.05) is 4.90 Å². The van der Waals surface area contributed by atoms with E-state index >= 15 is 0 Å². The molecule has 7 heteroatoms. The Labute approximate surface area is 236 Å². The number of thiophene rings is 1. The van der Waals surface area contributed by atoms with Gasteiger partial charge in [-0.2, -0.15) is 0 Å².